The first kappa shape index (κ1) is 21.8. The minimum atomic E-state index is -1.11. The molecule has 1 aliphatic rings. The quantitative estimate of drug-likeness (QED) is 0.513. The molecule has 1 aliphatic heterocycles. The van der Waals surface area contributed by atoms with E-state index in [4.69, 9.17) is 9.84 Å². The van der Waals surface area contributed by atoms with Crippen molar-refractivity contribution in [1.29, 1.82) is 0 Å². The second-order valence-electron chi connectivity index (χ2n) is 8.38. The molecule has 1 fully saturated rings. The number of aromatic nitrogens is 4. The molecule has 3 N–H and O–H groups in total. The number of rotatable bonds is 7. The number of benzene rings is 1. The number of carbonyl (C=O) groups is 1. The predicted molar refractivity (Wildman–Crippen MR) is 121 cm³/mol. The van der Waals surface area contributed by atoms with Crippen LogP contribution in [0.15, 0.2) is 30.5 Å². The molecule has 4 rings (SSSR count). The molecule has 3 heterocycles. The van der Waals surface area contributed by atoms with Crippen molar-refractivity contribution in [2.45, 2.75) is 45.3 Å². The van der Waals surface area contributed by atoms with Crippen molar-refractivity contribution in [3.8, 4) is 6.01 Å². The Morgan fingerprint density at radius 1 is 1.25 bits per heavy atom. The number of anilines is 2. The lowest BCUT2D eigenvalue weighted by Gasteiger charge is -2.28. The van der Waals surface area contributed by atoms with Crippen LogP contribution in [0.5, 0.6) is 6.01 Å². The summed E-state index contributed by atoms with van der Waals surface area (Å²) in [5.74, 6) is 0.738. The van der Waals surface area contributed by atoms with E-state index in [0.29, 0.717) is 29.8 Å². The fourth-order valence-corrected chi connectivity index (χ4v) is 3.79. The van der Waals surface area contributed by atoms with Gasteiger partial charge in [0, 0.05) is 30.9 Å². The second kappa shape index (κ2) is 9.39. The van der Waals surface area contributed by atoms with E-state index in [2.05, 4.69) is 51.5 Å². The van der Waals surface area contributed by atoms with Crippen molar-refractivity contribution >= 4 is 23.4 Å². The number of ether oxygens (including phenoxy) is 1. The van der Waals surface area contributed by atoms with Gasteiger partial charge in [-0.2, -0.15) is 19.6 Å². The van der Waals surface area contributed by atoms with Gasteiger partial charge in [0.2, 0.25) is 5.95 Å². The first-order valence-corrected chi connectivity index (χ1v) is 10.8. The third-order valence-corrected chi connectivity index (χ3v) is 5.63. The third kappa shape index (κ3) is 4.91. The topological polar surface area (TPSA) is 117 Å². The lowest BCUT2D eigenvalue weighted by molar-refractivity contribution is 0.105. The lowest BCUT2D eigenvalue weighted by Crippen LogP contribution is -2.36. The molecular formula is C22H29N7O3. The zero-order chi connectivity index (χ0) is 22.7. The highest BCUT2D eigenvalue weighted by molar-refractivity contribution is 5.84. The Hall–Kier alpha value is -3.40. The van der Waals surface area contributed by atoms with Crippen LogP contribution in [0.3, 0.4) is 0 Å². The van der Waals surface area contributed by atoms with Gasteiger partial charge >= 0.3 is 12.1 Å². The molecule has 10 nitrogen and oxygen atoms in total. The third-order valence-electron chi connectivity index (χ3n) is 5.63. The van der Waals surface area contributed by atoms with Gasteiger partial charge in [-0.15, -0.1) is 0 Å². The zero-order valence-corrected chi connectivity index (χ0v) is 18.6. The number of likely N-dealkylation sites (tertiary alicyclic amines) is 1. The first-order chi connectivity index (χ1) is 15.4. The van der Waals surface area contributed by atoms with Gasteiger partial charge in [0.1, 0.15) is 6.10 Å². The SMILES string of the molecule is CC(C)c1cnn2c(NCc3ccccc3NC(=O)O)nc(OC3CCN(C)CC3)nc12. The fourth-order valence-electron chi connectivity index (χ4n) is 3.79. The molecule has 2 aromatic heterocycles. The van der Waals surface area contributed by atoms with Crippen LogP contribution in [0.2, 0.25) is 0 Å². The van der Waals surface area contributed by atoms with Gasteiger partial charge in [-0.05, 0) is 37.4 Å². The maximum atomic E-state index is 11.1. The highest BCUT2D eigenvalue weighted by Gasteiger charge is 2.21. The smallest absolute Gasteiger partial charge is 0.409 e. The van der Waals surface area contributed by atoms with Crippen molar-refractivity contribution in [1.82, 2.24) is 24.5 Å². The van der Waals surface area contributed by atoms with Crippen LogP contribution in [0.4, 0.5) is 16.4 Å². The first-order valence-electron chi connectivity index (χ1n) is 10.8. The van der Waals surface area contributed by atoms with Gasteiger partial charge in [0.25, 0.3) is 0 Å². The fraction of sp³-hybridized carbons (Fsp3) is 0.455. The van der Waals surface area contributed by atoms with Gasteiger partial charge in [0.15, 0.2) is 5.65 Å². The minimum absolute atomic E-state index is 0.0763. The van der Waals surface area contributed by atoms with E-state index < -0.39 is 6.09 Å². The average molecular weight is 440 g/mol. The summed E-state index contributed by atoms with van der Waals surface area (Å²) in [7, 11) is 2.11. The Balaban J connectivity index is 1.62. The molecule has 0 spiro atoms. The van der Waals surface area contributed by atoms with Gasteiger partial charge < -0.3 is 20.1 Å². The number of carboxylic acid groups (broad SMARTS) is 1. The summed E-state index contributed by atoms with van der Waals surface area (Å²) in [6, 6.07) is 7.55. The van der Waals surface area contributed by atoms with Crippen molar-refractivity contribution in [3.05, 3.63) is 41.6 Å². The molecule has 0 atom stereocenters. The van der Waals surface area contributed by atoms with Crippen LogP contribution >= 0.6 is 0 Å². The van der Waals surface area contributed by atoms with Crippen molar-refractivity contribution in [2.75, 3.05) is 30.8 Å². The molecule has 32 heavy (non-hydrogen) atoms. The van der Waals surface area contributed by atoms with E-state index in [9.17, 15) is 4.79 Å². The second-order valence-corrected chi connectivity index (χ2v) is 8.38. The number of amides is 1. The van der Waals surface area contributed by atoms with E-state index in [-0.39, 0.29) is 12.0 Å². The number of piperidine rings is 1. The van der Waals surface area contributed by atoms with Gasteiger partial charge in [0.05, 0.1) is 6.20 Å². The number of nitrogens with zero attached hydrogens (tertiary/aromatic N) is 5. The molecule has 0 aliphatic carbocycles. The van der Waals surface area contributed by atoms with Crippen molar-refractivity contribution in [2.24, 2.45) is 0 Å². The molecule has 3 aromatic rings. The maximum Gasteiger partial charge on any atom is 0.409 e. The van der Waals surface area contributed by atoms with Crippen molar-refractivity contribution < 1.29 is 14.6 Å². The van der Waals surface area contributed by atoms with Gasteiger partial charge in [-0.1, -0.05) is 32.0 Å². The molecule has 0 bridgehead atoms. The normalized spacial score (nSPS) is 15.2. The molecular weight excluding hydrogens is 410 g/mol. The summed E-state index contributed by atoms with van der Waals surface area (Å²) in [6.45, 7) is 6.51. The molecule has 0 radical (unpaired) electrons. The van der Waals surface area contributed by atoms with E-state index in [1.807, 2.05) is 12.1 Å². The summed E-state index contributed by atoms with van der Waals surface area (Å²) < 4.78 is 7.84. The Morgan fingerprint density at radius 2 is 2.00 bits per heavy atom. The van der Waals surface area contributed by atoms with Crippen LogP contribution in [-0.2, 0) is 6.54 Å². The van der Waals surface area contributed by atoms with E-state index in [1.54, 1.807) is 22.8 Å². The molecule has 1 aromatic carbocycles. The number of fused-ring (bicyclic) bond motifs is 1. The summed E-state index contributed by atoms with van der Waals surface area (Å²) in [5.41, 5.74) is 3.02. The van der Waals surface area contributed by atoms with E-state index in [0.717, 1.165) is 37.1 Å². The Labute approximate surface area is 186 Å². The van der Waals surface area contributed by atoms with Crippen LogP contribution in [-0.4, -0.2) is 61.9 Å². The predicted octanol–water partition coefficient (Wildman–Crippen LogP) is 3.42. The molecule has 1 saturated heterocycles. The average Bonchev–Trinajstić information content (AvgIpc) is 3.19. The highest BCUT2D eigenvalue weighted by atomic mass is 16.5. The summed E-state index contributed by atoms with van der Waals surface area (Å²) in [5, 5.41) is 19.3. The number of nitrogens with one attached hydrogen (secondary N) is 2. The standard InChI is InChI=1S/C22H29N7O3/c1-14(2)17-13-24-29-19(17)26-21(32-16-8-10-28(3)11-9-16)27-20(29)23-12-15-6-4-5-7-18(15)25-22(30)31/h4-7,13-14,16,25H,8-12H2,1-3H3,(H,30,31)(H,23,26,27). The summed E-state index contributed by atoms with van der Waals surface area (Å²) in [6.07, 6.45) is 2.63. The van der Waals surface area contributed by atoms with Crippen LogP contribution in [0.25, 0.3) is 5.65 Å². The molecule has 0 unspecified atom stereocenters. The number of hydrogen-bond donors (Lipinski definition) is 3. The Morgan fingerprint density at radius 3 is 2.72 bits per heavy atom. The molecule has 0 saturated carbocycles. The lowest BCUT2D eigenvalue weighted by atomic mass is 10.1. The van der Waals surface area contributed by atoms with E-state index >= 15 is 0 Å². The molecule has 10 heteroatoms. The number of hydrogen-bond acceptors (Lipinski definition) is 7. The van der Waals surface area contributed by atoms with Crippen LogP contribution in [0, 0.1) is 0 Å². The van der Waals surface area contributed by atoms with Crippen LogP contribution in [0.1, 0.15) is 43.7 Å². The van der Waals surface area contributed by atoms with Gasteiger partial charge in [-0.3, -0.25) is 5.32 Å². The molecule has 170 valence electrons. The van der Waals surface area contributed by atoms with Gasteiger partial charge in [-0.25, -0.2) is 4.79 Å². The Bertz CT molecular complexity index is 1090. The minimum Gasteiger partial charge on any atom is -0.465 e. The number of para-hydroxylation sites is 1. The Kier molecular flexibility index (Phi) is 6.40. The summed E-state index contributed by atoms with van der Waals surface area (Å²) in [4.78, 5) is 22.7. The van der Waals surface area contributed by atoms with Crippen molar-refractivity contribution in [3.63, 3.8) is 0 Å². The highest BCUT2D eigenvalue weighted by Crippen LogP contribution is 2.25. The van der Waals surface area contributed by atoms with Crippen LogP contribution < -0.4 is 15.4 Å². The largest absolute Gasteiger partial charge is 0.465 e. The summed E-state index contributed by atoms with van der Waals surface area (Å²) >= 11 is 0. The van der Waals surface area contributed by atoms with E-state index in [1.165, 1.54) is 0 Å². The monoisotopic (exact) mass is 439 g/mol. The maximum absolute atomic E-state index is 11.1. The zero-order valence-electron chi connectivity index (χ0n) is 18.6. The molecule has 1 amide bonds.